The maximum atomic E-state index is 13.3. The van der Waals surface area contributed by atoms with E-state index in [0.29, 0.717) is 4.31 Å². The van der Waals surface area contributed by atoms with Gasteiger partial charge in [0, 0.05) is 13.0 Å². The summed E-state index contributed by atoms with van der Waals surface area (Å²) < 4.78 is 39.5. The van der Waals surface area contributed by atoms with Crippen LogP contribution in [0.2, 0.25) is 0 Å². The number of fused-ring (bicyclic) bond motifs is 1. The molecule has 1 N–H and O–H groups in total. The number of alkyl carbamates (subject to hydrolysis) is 1. The SMILES string of the molecule is O=C(N[C@H](Cc1ccccc1)C(=O)N1CC[C@@H]2[C@H]1C(=O)N2S(=O)(=O)[O-])OCc1ccccc1.[Na+]. The Morgan fingerprint density at radius 3 is 2.24 bits per heavy atom. The van der Waals surface area contributed by atoms with E-state index in [1.165, 1.54) is 4.90 Å². The minimum Gasteiger partial charge on any atom is -0.731 e. The van der Waals surface area contributed by atoms with E-state index in [-0.39, 0.29) is 55.6 Å². The zero-order valence-corrected chi connectivity index (χ0v) is 21.3. The van der Waals surface area contributed by atoms with Gasteiger partial charge in [0.25, 0.3) is 5.91 Å². The number of carbonyl (C=O) groups is 3. The van der Waals surface area contributed by atoms with Gasteiger partial charge in [-0.2, -0.15) is 0 Å². The van der Waals surface area contributed by atoms with Crippen molar-refractivity contribution in [2.45, 2.75) is 37.6 Å². The van der Waals surface area contributed by atoms with Crippen LogP contribution in [0.25, 0.3) is 0 Å². The van der Waals surface area contributed by atoms with Crippen LogP contribution in [-0.2, 0) is 37.7 Å². The standard InChI is InChI=1S/C22H23N3O7S.Na/c26-20(24-12-11-18-19(24)21(27)25(18)33(29,30)31)17(13-15-7-3-1-4-8-15)23-22(28)32-14-16-9-5-2-6-10-16;/h1-10,17-19H,11-14H2,(H,23,28)(H,29,30,31);/q;+1/p-1/t17-,18-,19+;/m1./s1. The van der Waals surface area contributed by atoms with Crippen molar-refractivity contribution in [2.24, 2.45) is 0 Å². The molecule has 0 aliphatic carbocycles. The van der Waals surface area contributed by atoms with Gasteiger partial charge in [0.05, 0.1) is 6.04 Å². The Bertz CT molecular complexity index is 1150. The zero-order valence-electron chi connectivity index (χ0n) is 18.5. The molecule has 0 aromatic heterocycles. The van der Waals surface area contributed by atoms with Crippen LogP contribution in [0.4, 0.5) is 4.79 Å². The Morgan fingerprint density at radius 2 is 1.65 bits per heavy atom. The van der Waals surface area contributed by atoms with Crippen molar-refractivity contribution in [1.29, 1.82) is 0 Å². The van der Waals surface area contributed by atoms with Crippen molar-refractivity contribution in [3.8, 4) is 0 Å². The van der Waals surface area contributed by atoms with Crippen LogP contribution in [0, 0.1) is 0 Å². The van der Waals surface area contributed by atoms with E-state index in [0.717, 1.165) is 11.1 Å². The first-order valence-electron chi connectivity index (χ1n) is 10.4. The van der Waals surface area contributed by atoms with Gasteiger partial charge >= 0.3 is 35.7 Å². The number of hydrogen-bond acceptors (Lipinski definition) is 7. The third-order valence-electron chi connectivity index (χ3n) is 5.75. The fourth-order valence-electron chi connectivity index (χ4n) is 4.21. The number of amides is 3. The van der Waals surface area contributed by atoms with E-state index in [1.807, 2.05) is 24.3 Å². The second-order valence-electron chi connectivity index (χ2n) is 7.87. The summed E-state index contributed by atoms with van der Waals surface area (Å²) in [4.78, 5) is 39.3. The molecule has 2 aliphatic rings. The second kappa shape index (κ2) is 10.9. The molecule has 2 heterocycles. The van der Waals surface area contributed by atoms with Gasteiger partial charge in [-0.15, -0.1) is 0 Å². The number of rotatable bonds is 7. The van der Waals surface area contributed by atoms with Crippen molar-refractivity contribution in [2.75, 3.05) is 6.54 Å². The summed E-state index contributed by atoms with van der Waals surface area (Å²) >= 11 is 0. The molecule has 12 heteroatoms. The molecule has 34 heavy (non-hydrogen) atoms. The first kappa shape index (κ1) is 26.2. The van der Waals surface area contributed by atoms with E-state index >= 15 is 0 Å². The molecule has 2 saturated heterocycles. The van der Waals surface area contributed by atoms with Crippen molar-refractivity contribution in [3.63, 3.8) is 0 Å². The van der Waals surface area contributed by atoms with Crippen LogP contribution in [0.3, 0.4) is 0 Å². The molecule has 0 saturated carbocycles. The molecule has 0 radical (unpaired) electrons. The number of β-lactam (4-membered cyclic amide) rings is 1. The molecule has 3 amide bonds. The van der Waals surface area contributed by atoms with Crippen molar-refractivity contribution in [3.05, 3.63) is 71.8 Å². The molecule has 4 rings (SSSR count). The maximum Gasteiger partial charge on any atom is 1.00 e. The minimum atomic E-state index is -4.93. The second-order valence-corrected chi connectivity index (χ2v) is 9.12. The van der Waals surface area contributed by atoms with Gasteiger partial charge in [-0.25, -0.2) is 17.5 Å². The number of likely N-dealkylation sites (tertiary alicyclic amines) is 1. The maximum absolute atomic E-state index is 13.3. The Balaban J connectivity index is 0.00000324. The van der Waals surface area contributed by atoms with Crippen LogP contribution < -0.4 is 34.9 Å². The van der Waals surface area contributed by atoms with Gasteiger partial charge in [0.1, 0.15) is 18.7 Å². The largest absolute Gasteiger partial charge is 1.00 e. The van der Waals surface area contributed by atoms with Crippen molar-refractivity contribution < 1.29 is 61.6 Å². The average molecular weight is 495 g/mol. The summed E-state index contributed by atoms with van der Waals surface area (Å²) in [5, 5.41) is 2.57. The first-order chi connectivity index (χ1) is 15.8. The van der Waals surface area contributed by atoms with Gasteiger partial charge in [0.2, 0.25) is 5.91 Å². The predicted molar refractivity (Wildman–Crippen MR) is 114 cm³/mol. The van der Waals surface area contributed by atoms with Crippen molar-refractivity contribution >= 4 is 28.2 Å². The molecule has 10 nitrogen and oxygen atoms in total. The van der Waals surface area contributed by atoms with Gasteiger partial charge in [-0.1, -0.05) is 60.7 Å². The summed E-state index contributed by atoms with van der Waals surface area (Å²) in [6, 6.07) is 15.1. The summed E-state index contributed by atoms with van der Waals surface area (Å²) in [6.07, 6.45) is -0.487. The monoisotopic (exact) mass is 495 g/mol. The van der Waals surface area contributed by atoms with Gasteiger partial charge in [-0.3, -0.25) is 9.59 Å². The van der Waals surface area contributed by atoms with E-state index in [2.05, 4.69) is 5.32 Å². The number of hydrogen-bond donors (Lipinski definition) is 1. The molecule has 0 spiro atoms. The number of nitrogens with zero attached hydrogens (tertiary/aromatic N) is 2. The third kappa shape index (κ3) is 5.61. The molecule has 2 aromatic rings. The van der Waals surface area contributed by atoms with Crippen LogP contribution in [0.1, 0.15) is 17.5 Å². The normalized spacial score (nSPS) is 20.0. The quantitative estimate of drug-likeness (QED) is 0.262. The summed E-state index contributed by atoms with van der Waals surface area (Å²) in [5.41, 5.74) is 1.55. The molecule has 0 bridgehead atoms. The zero-order chi connectivity index (χ0) is 23.6. The Hall–Kier alpha value is -2.44. The third-order valence-corrected chi connectivity index (χ3v) is 6.68. The van der Waals surface area contributed by atoms with Gasteiger partial charge < -0.3 is 19.5 Å². The topological polar surface area (TPSA) is 136 Å². The molecule has 2 aromatic carbocycles. The molecular formula is C22H22N3NaO7S. The van der Waals surface area contributed by atoms with E-state index in [9.17, 15) is 27.4 Å². The number of ether oxygens (including phenoxy) is 1. The fourth-order valence-corrected chi connectivity index (χ4v) is 5.09. The number of nitrogens with one attached hydrogen (secondary N) is 1. The Kier molecular flexibility index (Phi) is 8.37. The number of benzene rings is 2. The summed E-state index contributed by atoms with van der Waals surface area (Å²) in [5.74, 6) is -1.47. The molecule has 0 unspecified atom stereocenters. The van der Waals surface area contributed by atoms with Crippen LogP contribution in [0.15, 0.2) is 60.7 Å². The predicted octanol–water partition coefficient (Wildman–Crippen LogP) is -2.20. The van der Waals surface area contributed by atoms with Gasteiger partial charge in [0.15, 0.2) is 10.3 Å². The van der Waals surface area contributed by atoms with Crippen molar-refractivity contribution in [1.82, 2.24) is 14.5 Å². The Labute approximate surface area is 219 Å². The van der Waals surface area contributed by atoms with Crippen LogP contribution in [-0.4, -0.2) is 64.8 Å². The molecule has 2 fully saturated rings. The van der Waals surface area contributed by atoms with Gasteiger partial charge in [-0.05, 0) is 17.5 Å². The fraction of sp³-hybridized carbons (Fsp3) is 0.318. The molecule has 3 atom stereocenters. The van der Waals surface area contributed by atoms with Crippen LogP contribution in [0.5, 0.6) is 0 Å². The number of carbonyl (C=O) groups excluding carboxylic acids is 3. The molecule has 174 valence electrons. The smallest absolute Gasteiger partial charge is 0.731 e. The van der Waals surface area contributed by atoms with E-state index < -0.39 is 46.3 Å². The van der Waals surface area contributed by atoms with Crippen LogP contribution >= 0.6 is 0 Å². The average Bonchev–Trinajstić information content (AvgIpc) is 3.16. The molecule has 2 aliphatic heterocycles. The van der Waals surface area contributed by atoms with E-state index in [4.69, 9.17) is 4.74 Å². The summed E-state index contributed by atoms with van der Waals surface area (Å²) in [7, 11) is -4.93. The van der Waals surface area contributed by atoms with E-state index in [1.54, 1.807) is 36.4 Å². The first-order valence-corrected chi connectivity index (χ1v) is 11.7. The minimum absolute atomic E-state index is 0. The molecular weight excluding hydrogens is 473 g/mol. The summed E-state index contributed by atoms with van der Waals surface area (Å²) in [6.45, 7) is 0.111. The Morgan fingerprint density at radius 1 is 1.06 bits per heavy atom.